The third-order valence-electron chi connectivity index (χ3n) is 5.24. The van der Waals surface area contributed by atoms with Gasteiger partial charge in [0.15, 0.2) is 11.0 Å². The second kappa shape index (κ2) is 8.96. The molecule has 1 N–H and O–H groups in total. The summed E-state index contributed by atoms with van der Waals surface area (Å²) in [4.78, 5) is 9.72. The van der Waals surface area contributed by atoms with E-state index in [2.05, 4.69) is 20.3 Å². The number of benzene rings is 2. The van der Waals surface area contributed by atoms with Gasteiger partial charge in [0.2, 0.25) is 10.0 Å². The summed E-state index contributed by atoms with van der Waals surface area (Å²) >= 11 is 1.38. The van der Waals surface area contributed by atoms with E-state index in [4.69, 9.17) is 9.37 Å². The Morgan fingerprint density at radius 1 is 1.00 bits per heavy atom. The lowest BCUT2D eigenvalue weighted by Crippen LogP contribution is -2.41. The summed E-state index contributed by atoms with van der Waals surface area (Å²) in [5.41, 5.74) is 0.559. The van der Waals surface area contributed by atoms with Gasteiger partial charge < -0.3 is 9.84 Å². The normalized spacial score (nSPS) is 15.6. The Balaban J connectivity index is 1.34. The van der Waals surface area contributed by atoms with Crippen molar-refractivity contribution in [1.29, 1.82) is 0 Å². The maximum atomic E-state index is 13.4. The number of nitrogens with zero attached hydrogens (tertiary/aromatic N) is 5. The minimum Gasteiger partial charge on any atom is -0.508 e. The molecule has 1 aliphatic heterocycles. The number of fused-ring (bicyclic) bond motifs is 1. The molecule has 0 amide bonds. The predicted octanol–water partition coefficient (Wildman–Crippen LogP) is 3.10. The Labute approximate surface area is 193 Å². The SMILES string of the molecule is O=S(=O)(c1ccc(Sc2ccc(O)cc2)c2nonc12)N1CCC(Oc2ncccn2)CC1. The van der Waals surface area contributed by atoms with Crippen LogP contribution in [0.5, 0.6) is 11.8 Å². The van der Waals surface area contributed by atoms with Crippen LogP contribution in [0.1, 0.15) is 12.8 Å². The van der Waals surface area contributed by atoms with Gasteiger partial charge in [-0.2, -0.15) is 4.31 Å². The van der Waals surface area contributed by atoms with Gasteiger partial charge in [-0.05, 0) is 65.6 Å². The van der Waals surface area contributed by atoms with Crippen molar-refractivity contribution in [3.63, 3.8) is 0 Å². The van der Waals surface area contributed by atoms with Crippen molar-refractivity contribution in [2.75, 3.05) is 13.1 Å². The van der Waals surface area contributed by atoms with Crippen LogP contribution in [0.3, 0.4) is 0 Å². The number of aromatic hydroxyl groups is 1. The van der Waals surface area contributed by atoms with Gasteiger partial charge in [0, 0.05) is 35.3 Å². The van der Waals surface area contributed by atoms with Crippen molar-refractivity contribution in [2.45, 2.75) is 33.6 Å². The highest BCUT2D eigenvalue weighted by Gasteiger charge is 2.33. The third kappa shape index (κ3) is 4.49. The number of hydrogen-bond acceptors (Lipinski definition) is 10. The molecule has 170 valence electrons. The molecular weight excluding hydrogens is 466 g/mol. The summed E-state index contributed by atoms with van der Waals surface area (Å²) in [6, 6.07) is 11.9. The van der Waals surface area contributed by atoms with Gasteiger partial charge in [0.05, 0.1) is 0 Å². The first-order chi connectivity index (χ1) is 16.0. The summed E-state index contributed by atoms with van der Waals surface area (Å²) in [7, 11) is -3.81. The van der Waals surface area contributed by atoms with Crippen LogP contribution >= 0.6 is 11.8 Å². The number of piperidine rings is 1. The summed E-state index contributed by atoms with van der Waals surface area (Å²) in [6.07, 6.45) is 4.08. The average molecular weight is 486 g/mol. The van der Waals surface area contributed by atoms with E-state index in [-0.39, 0.29) is 28.3 Å². The Morgan fingerprint density at radius 2 is 1.70 bits per heavy atom. The van der Waals surface area contributed by atoms with Crippen molar-refractivity contribution in [3.05, 3.63) is 54.9 Å². The Kier molecular flexibility index (Phi) is 5.87. The molecule has 0 radical (unpaired) electrons. The molecule has 1 fully saturated rings. The fourth-order valence-electron chi connectivity index (χ4n) is 3.58. The van der Waals surface area contributed by atoms with Gasteiger partial charge in [0.25, 0.3) is 0 Å². The van der Waals surface area contributed by atoms with E-state index in [1.54, 1.807) is 48.8 Å². The minimum absolute atomic E-state index is 0.0552. The lowest BCUT2D eigenvalue weighted by atomic mass is 10.1. The molecule has 2 aromatic carbocycles. The number of sulfonamides is 1. The summed E-state index contributed by atoms with van der Waals surface area (Å²) < 4.78 is 38.9. The first-order valence-corrected chi connectivity index (χ1v) is 12.4. The van der Waals surface area contributed by atoms with Crippen LogP contribution in [0.2, 0.25) is 0 Å². The van der Waals surface area contributed by atoms with Crippen LogP contribution in [0.4, 0.5) is 0 Å². The van der Waals surface area contributed by atoms with E-state index in [0.717, 1.165) is 4.90 Å². The Hall–Kier alpha value is -3.22. The summed E-state index contributed by atoms with van der Waals surface area (Å²) in [5, 5.41) is 17.3. The number of rotatable bonds is 6. The van der Waals surface area contributed by atoms with Crippen LogP contribution in [0.15, 0.2) is 74.2 Å². The zero-order chi connectivity index (χ0) is 22.8. The van der Waals surface area contributed by atoms with Crippen LogP contribution in [0, 0.1) is 0 Å². The van der Waals surface area contributed by atoms with Crippen molar-refractivity contribution >= 4 is 32.8 Å². The first kappa shape index (κ1) is 21.6. The van der Waals surface area contributed by atoms with Gasteiger partial charge in [-0.1, -0.05) is 11.8 Å². The molecular formula is C21H19N5O5S2. The molecule has 0 unspecified atom stereocenters. The molecule has 0 atom stereocenters. The fraction of sp³-hybridized carbons (Fsp3) is 0.238. The van der Waals surface area contributed by atoms with Crippen molar-refractivity contribution in [1.82, 2.24) is 24.6 Å². The van der Waals surface area contributed by atoms with Crippen LogP contribution in [-0.4, -0.2) is 57.3 Å². The maximum Gasteiger partial charge on any atom is 0.316 e. The molecule has 5 rings (SSSR count). The number of phenols is 1. The molecule has 1 aliphatic rings. The van der Waals surface area contributed by atoms with Gasteiger partial charge in [-0.25, -0.2) is 23.0 Å². The highest BCUT2D eigenvalue weighted by atomic mass is 32.2. The van der Waals surface area contributed by atoms with Crippen LogP contribution in [0.25, 0.3) is 11.0 Å². The number of ether oxygens (including phenoxy) is 1. The minimum atomic E-state index is -3.81. The lowest BCUT2D eigenvalue weighted by molar-refractivity contribution is 0.124. The van der Waals surface area contributed by atoms with Crippen LogP contribution in [-0.2, 0) is 10.0 Å². The van der Waals surface area contributed by atoms with Gasteiger partial charge in [0.1, 0.15) is 16.7 Å². The smallest absolute Gasteiger partial charge is 0.316 e. The number of phenolic OH excluding ortho intramolecular Hbond substituents is 1. The molecule has 0 spiro atoms. The van der Waals surface area contributed by atoms with E-state index in [1.807, 2.05) is 0 Å². The predicted molar refractivity (Wildman–Crippen MR) is 118 cm³/mol. The largest absolute Gasteiger partial charge is 0.508 e. The fourth-order valence-corrected chi connectivity index (χ4v) is 6.06. The molecule has 12 heteroatoms. The molecule has 0 saturated carbocycles. The van der Waals surface area contributed by atoms with Crippen LogP contribution < -0.4 is 4.74 Å². The molecule has 4 aromatic rings. The highest BCUT2D eigenvalue weighted by Crippen LogP contribution is 2.36. The van der Waals surface area contributed by atoms with Gasteiger partial charge >= 0.3 is 6.01 Å². The van der Waals surface area contributed by atoms with E-state index in [1.165, 1.54) is 22.1 Å². The molecule has 2 aromatic heterocycles. The highest BCUT2D eigenvalue weighted by molar-refractivity contribution is 7.99. The van der Waals surface area contributed by atoms with Gasteiger partial charge in [-0.15, -0.1) is 0 Å². The first-order valence-electron chi connectivity index (χ1n) is 10.2. The van der Waals surface area contributed by atoms with Gasteiger partial charge in [-0.3, -0.25) is 0 Å². The third-order valence-corrected chi connectivity index (χ3v) is 8.23. The zero-order valence-electron chi connectivity index (χ0n) is 17.2. The van der Waals surface area contributed by atoms with Crippen molar-refractivity contribution in [3.8, 4) is 11.8 Å². The van der Waals surface area contributed by atoms with E-state index >= 15 is 0 Å². The molecule has 10 nitrogen and oxygen atoms in total. The Bertz CT molecular complexity index is 1360. The molecule has 1 saturated heterocycles. The van der Waals surface area contributed by atoms with Crippen molar-refractivity contribution in [2.24, 2.45) is 0 Å². The van der Waals surface area contributed by atoms with Crippen molar-refractivity contribution < 1.29 is 22.9 Å². The quantitative estimate of drug-likeness (QED) is 0.434. The second-order valence-corrected chi connectivity index (χ2v) is 10.4. The summed E-state index contributed by atoms with van der Waals surface area (Å²) in [6.45, 7) is 0.604. The number of aromatic nitrogens is 4. The second-order valence-electron chi connectivity index (χ2n) is 7.37. The average Bonchev–Trinajstić information content (AvgIpc) is 3.32. The molecule has 3 heterocycles. The standard InChI is InChI=1S/C21H19N5O5S2/c27-14-2-4-16(5-3-14)32-17-6-7-18(20-19(17)24-31-25-20)33(28,29)26-12-8-15(9-13-26)30-21-22-10-1-11-23-21/h1-7,10-11,15,27H,8-9,12-13H2. The molecule has 33 heavy (non-hydrogen) atoms. The van der Waals surface area contributed by atoms with E-state index < -0.39 is 10.0 Å². The Morgan fingerprint density at radius 3 is 2.42 bits per heavy atom. The lowest BCUT2D eigenvalue weighted by Gasteiger charge is -2.30. The summed E-state index contributed by atoms with van der Waals surface area (Å²) in [5.74, 6) is 0.166. The number of hydrogen-bond donors (Lipinski definition) is 1. The van der Waals surface area contributed by atoms with E-state index in [0.29, 0.717) is 36.3 Å². The van der Waals surface area contributed by atoms with E-state index in [9.17, 15) is 13.5 Å². The molecule has 0 bridgehead atoms. The zero-order valence-corrected chi connectivity index (χ0v) is 18.9. The molecule has 0 aliphatic carbocycles. The topological polar surface area (TPSA) is 132 Å². The maximum absolute atomic E-state index is 13.4. The monoisotopic (exact) mass is 485 g/mol.